The molecule has 4 rings (SSSR count). The Hall–Kier alpha value is -3.59. The van der Waals surface area contributed by atoms with Crippen molar-refractivity contribution in [1.82, 2.24) is 24.5 Å². The maximum atomic E-state index is 13.5. The second kappa shape index (κ2) is 7.44. The predicted molar refractivity (Wildman–Crippen MR) is 106 cm³/mol. The Morgan fingerprint density at radius 1 is 1.24 bits per heavy atom. The number of anilines is 1. The van der Waals surface area contributed by atoms with Gasteiger partial charge in [-0.25, -0.2) is 9.37 Å². The van der Waals surface area contributed by atoms with E-state index in [1.54, 1.807) is 24.3 Å². The molecular formula is C19H14ClFN6O2. The monoisotopic (exact) mass is 412 g/mol. The van der Waals surface area contributed by atoms with Crippen LogP contribution in [0.4, 0.5) is 10.1 Å². The van der Waals surface area contributed by atoms with Crippen LogP contribution >= 0.6 is 11.6 Å². The van der Waals surface area contributed by atoms with Gasteiger partial charge in [0.15, 0.2) is 11.2 Å². The van der Waals surface area contributed by atoms with Crippen LogP contribution in [-0.2, 0) is 11.3 Å². The quantitative estimate of drug-likeness (QED) is 0.556. The molecule has 0 aliphatic carbocycles. The van der Waals surface area contributed by atoms with Crippen molar-refractivity contribution in [2.75, 3.05) is 5.32 Å². The Morgan fingerprint density at radius 2 is 2.07 bits per heavy atom. The summed E-state index contributed by atoms with van der Waals surface area (Å²) in [6.45, 7) is 1.59. The van der Waals surface area contributed by atoms with Gasteiger partial charge < -0.3 is 5.32 Å². The molecule has 0 unspecified atom stereocenters. The summed E-state index contributed by atoms with van der Waals surface area (Å²) in [5.74, 6) is -0.877. The zero-order valence-corrected chi connectivity index (χ0v) is 15.9. The minimum absolute atomic E-state index is 0.0251. The van der Waals surface area contributed by atoms with Gasteiger partial charge in [-0.3, -0.25) is 14.2 Å². The number of halogens is 2. The van der Waals surface area contributed by atoms with Gasteiger partial charge in [0.05, 0.1) is 5.69 Å². The lowest BCUT2D eigenvalue weighted by atomic mass is 10.2. The first-order valence-electron chi connectivity index (χ1n) is 8.55. The third kappa shape index (κ3) is 3.72. The molecule has 1 amide bonds. The van der Waals surface area contributed by atoms with E-state index < -0.39 is 17.3 Å². The third-order valence-corrected chi connectivity index (χ3v) is 4.66. The van der Waals surface area contributed by atoms with Gasteiger partial charge >= 0.3 is 0 Å². The Morgan fingerprint density at radius 3 is 2.83 bits per heavy atom. The summed E-state index contributed by atoms with van der Waals surface area (Å²) in [6.07, 6.45) is 1.23. The molecule has 2 heterocycles. The smallest absolute Gasteiger partial charge is 0.284 e. The lowest BCUT2D eigenvalue weighted by molar-refractivity contribution is -0.116. The average Bonchev–Trinajstić information content (AvgIpc) is 3.12. The van der Waals surface area contributed by atoms with E-state index in [9.17, 15) is 14.0 Å². The van der Waals surface area contributed by atoms with Gasteiger partial charge in [-0.2, -0.15) is 4.68 Å². The van der Waals surface area contributed by atoms with E-state index in [2.05, 4.69) is 20.6 Å². The molecule has 2 aromatic carbocycles. The molecular weight excluding hydrogens is 399 g/mol. The van der Waals surface area contributed by atoms with Crippen molar-refractivity contribution in [3.8, 4) is 5.69 Å². The molecule has 0 saturated carbocycles. The highest BCUT2D eigenvalue weighted by Gasteiger charge is 2.15. The summed E-state index contributed by atoms with van der Waals surface area (Å²) in [5, 5.41) is 10.9. The van der Waals surface area contributed by atoms with Crippen molar-refractivity contribution in [2.24, 2.45) is 0 Å². The molecule has 4 aromatic rings. The van der Waals surface area contributed by atoms with Crippen molar-refractivity contribution in [3.63, 3.8) is 0 Å². The van der Waals surface area contributed by atoms with Crippen LogP contribution in [0, 0.1) is 12.7 Å². The summed E-state index contributed by atoms with van der Waals surface area (Å²) in [6, 6.07) is 10.8. The van der Waals surface area contributed by atoms with Crippen LogP contribution < -0.4 is 10.9 Å². The molecule has 2 aromatic heterocycles. The normalized spacial score (nSPS) is 11.0. The minimum Gasteiger partial charge on any atom is -0.324 e. The highest BCUT2D eigenvalue weighted by Crippen LogP contribution is 2.20. The summed E-state index contributed by atoms with van der Waals surface area (Å²) < 4.78 is 15.9. The first-order chi connectivity index (χ1) is 13.9. The van der Waals surface area contributed by atoms with E-state index in [1.807, 2.05) is 6.92 Å². The highest BCUT2D eigenvalue weighted by molar-refractivity contribution is 6.31. The summed E-state index contributed by atoms with van der Waals surface area (Å²) in [7, 11) is 0. The Kier molecular flexibility index (Phi) is 4.81. The number of carbonyl (C=O) groups is 1. The van der Waals surface area contributed by atoms with Gasteiger partial charge in [0, 0.05) is 10.7 Å². The van der Waals surface area contributed by atoms with E-state index in [1.165, 1.54) is 29.2 Å². The zero-order chi connectivity index (χ0) is 20.5. The molecule has 0 aliphatic rings. The molecule has 0 fully saturated rings. The fraction of sp³-hybridized carbons (Fsp3) is 0.105. The number of carbonyl (C=O) groups excluding carboxylic acids is 1. The molecule has 8 nitrogen and oxygen atoms in total. The predicted octanol–water partition coefficient (Wildman–Crippen LogP) is 2.72. The summed E-state index contributed by atoms with van der Waals surface area (Å²) in [5.41, 5.74) is 1.40. The second-order valence-electron chi connectivity index (χ2n) is 6.34. The molecule has 146 valence electrons. The zero-order valence-electron chi connectivity index (χ0n) is 15.1. The molecule has 0 bridgehead atoms. The van der Waals surface area contributed by atoms with Crippen molar-refractivity contribution in [1.29, 1.82) is 0 Å². The molecule has 0 spiro atoms. The van der Waals surface area contributed by atoms with E-state index in [4.69, 9.17) is 11.6 Å². The Balaban J connectivity index is 1.60. The molecule has 0 atom stereocenters. The Labute approximate surface area is 168 Å². The van der Waals surface area contributed by atoms with Crippen LogP contribution in [0.15, 0.2) is 53.6 Å². The molecule has 0 saturated heterocycles. The molecule has 1 N–H and O–H groups in total. The number of rotatable bonds is 4. The molecule has 29 heavy (non-hydrogen) atoms. The molecule has 0 aliphatic heterocycles. The number of nitrogens with one attached hydrogen (secondary N) is 1. The highest BCUT2D eigenvalue weighted by atomic mass is 35.5. The SMILES string of the molecule is Cc1ccc(NC(=O)Cn2cnc3c(nnn3-c3cccc(F)c3)c2=O)cc1Cl. The number of aromatic nitrogens is 5. The largest absolute Gasteiger partial charge is 0.324 e. The van der Waals surface area contributed by atoms with E-state index in [-0.39, 0.29) is 17.7 Å². The number of hydrogen-bond acceptors (Lipinski definition) is 5. The lowest BCUT2D eigenvalue weighted by Gasteiger charge is -2.08. The van der Waals surface area contributed by atoms with Crippen molar-refractivity contribution >= 4 is 34.4 Å². The van der Waals surface area contributed by atoms with E-state index in [0.29, 0.717) is 16.4 Å². The molecule has 10 heteroatoms. The number of nitrogens with zero attached hydrogens (tertiary/aromatic N) is 5. The number of benzene rings is 2. The van der Waals surface area contributed by atoms with E-state index >= 15 is 0 Å². The van der Waals surface area contributed by atoms with Crippen LogP contribution in [0.25, 0.3) is 16.9 Å². The topological polar surface area (TPSA) is 94.7 Å². The maximum absolute atomic E-state index is 13.5. The number of hydrogen-bond donors (Lipinski definition) is 1. The number of aryl methyl sites for hydroxylation is 1. The minimum atomic E-state index is -0.533. The fourth-order valence-corrected chi connectivity index (χ4v) is 2.94. The van der Waals surface area contributed by atoms with E-state index in [0.717, 1.165) is 10.1 Å². The van der Waals surface area contributed by atoms with Gasteiger partial charge in [0.2, 0.25) is 5.91 Å². The van der Waals surface area contributed by atoms with Gasteiger partial charge in [-0.05, 0) is 42.8 Å². The van der Waals surface area contributed by atoms with Gasteiger partial charge in [-0.15, -0.1) is 5.10 Å². The maximum Gasteiger partial charge on any atom is 0.284 e. The standard InChI is InChI=1S/C19H14ClFN6O2/c1-11-5-6-13(8-15(11)20)23-16(28)9-26-10-22-18-17(19(26)29)24-25-27(18)14-4-2-3-12(21)7-14/h2-8,10H,9H2,1H3,(H,23,28). The van der Waals surface area contributed by atoms with Crippen molar-refractivity contribution in [3.05, 3.63) is 75.5 Å². The summed E-state index contributed by atoms with van der Waals surface area (Å²) in [4.78, 5) is 29.1. The third-order valence-electron chi connectivity index (χ3n) is 4.25. The van der Waals surface area contributed by atoms with Crippen LogP contribution in [-0.4, -0.2) is 30.5 Å². The van der Waals surface area contributed by atoms with Crippen molar-refractivity contribution < 1.29 is 9.18 Å². The number of fused-ring (bicyclic) bond motifs is 1. The molecule has 0 radical (unpaired) electrons. The van der Waals surface area contributed by atoms with Crippen LogP contribution in [0.1, 0.15) is 5.56 Å². The van der Waals surface area contributed by atoms with Crippen LogP contribution in [0.5, 0.6) is 0 Å². The second-order valence-corrected chi connectivity index (χ2v) is 6.75. The van der Waals surface area contributed by atoms with Crippen LogP contribution in [0.2, 0.25) is 5.02 Å². The lowest BCUT2D eigenvalue weighted by Crippen LogP contribution is -2.28. The Bertz CT molecular complexity index is 1300. The fourth-order valence-electron chi connectivity index (χ4n) is 2.76. The average molecular weight is 413 g/mol. The first kappa shape index (κ1) is 18.8. The van der Waals surface area contributed by atoms with Gasteiger partial charge in [-0.1, -0.05) is 28.9 Å². The van der Waals surface area contributed by atoms with Crippen LogP contribution in [0.3, 0.4) is 0 Å². The van der Waals surface area contributed by atoms with Crippen molar-refractivity contribution in [2.45, 2.75) is 13.5 Å². The van der Waals surface area contributed by atoms with Gasteiger partial charge in [0.1, 0.15) is 18.7 Å². The first-order valence-corrected chi connectivity index (χ1v) is 8.93. The van der Waals surface area contributed by atoms with Gasteiger partial charge in [0.25, 0.3) is 5.56 Å². The summed E-state index contributed by atoms with van der Waals surface area (Å²) >= 11 is 6.05. The number of amides is 1.